The second-order valence-electron chi connectivity index (χ2n) is 10.5. The fourth-order valence-corrected chi connectivity index (χ4v) is 6.08. The number of hydrogen-bond acceptors (Lipinski definition) is 7. The van der Waals surface area contributed by atoms with Crippen LogP contribution in [0.4, 0.5) is 11.5 Å². The number of benzene rings is 2. The lowest BCUT2D eigenvalue weighted by molar-refractivity contribution is 0.607. The summed E-state index contributed by atoms with van der Waals surface area (Å²) in [6.07, 6.45) is 7.94. The van der Waals surface area contributed by atoms with E-state index in [0.717, 1.165) is 33.8 Å². The van der Waals surface area contributed by atoms with Crippen molar-refractivity contribution in [3.05, 3.63) is 101 Å². The third kappa shape index (κ3) is 4.59. The molecule has 0 bridgehead atoms. The number of nitrogens with one attached hydrogen (secondary N) is 4. The van der Waals surface area contributed by atoms with Crippen molar-refractivity contribution in [2.24, 2.45) is 0 Å². The van der Waals surface area contributed by atoms with Crippen LogP contribution in [0.1, 0.15) is 24.4 Å². The first-order valence-corrected chi connectivity index (χ1v) is 15.4. The van der Waals surface area contributed by atoms with Crippen molar-refractivity contribution in [2.45, 2.75) is 19.9 Å². The highest BCUT2D eigenvalue weighted by Crippen LogP contribution is 2.37. The van der Waals surface area contributed by atoms with E-state index < -0.39 is 16.1 Å². The van der Waals surface area contributed by atoms with Gasteiger partial charge in [0.2, 0.25) is 10.0 Å². The maximum absolute atomic E-state index is 13.8. The van der Waals surface area contributed by atoms with Crippen molar-refractivity contribution in [2.75, 3.05) is 16.3 Å². The standard InChI is InChI=1S/C30H27N9O3S/c1-17-10-12-38-26(17)30(40)39(20-7-5-4-6-8-20)29(36-38)18(2)35-28-25-22(15-32-27(25)33-16-34-28)19-13-23-21(9-11-31-23)24(14-19)37-43(3,41)42/h4-16,18,31,37H,1-3H3,(H2,32,33,34,35). The van der Waals surface area contributed by atoms with Crippen LogP contribution >= 0.6 is 0 Å². The largest absolute Gasteiger partial charge is 0.361 e. The maximum atomic E-state index is 13.8. The van der Waals surface area contributed by atoms with Gasteiger partial charge in [0.1, 0.15) is 23.3 Å². The molecule has 2 aromatic carbocycles. The van der Waals surface area contributed by atoms with Gasteiger partial charge in [0, 0.05) is 35.1 Å². The van der Waals surface area contributed by atoms with Crippen LogP contribution in [0.3, 0.4) is 0 Å². The monoisotopic (exact) mass is 593 g/mol. The number of fused-ring (bicyclic) bond motifs is 3. The summed E-state index contributed by atoms with van der Waals surface area (Å²) in [7, 11) is -3.52. The summed E-state index contributed by atoms with van der Waals surface area (Å²) in [5, 5.41) is 9.77. The van der Waals surface area contributed by atoms with E-state index >= 15 is 0 Å². The number of aromatic amines is 2. The highest BCUT2D eigenvalue weighted by molar-refractivity contribution is 7.92. The molecule has 7 aromatic rings. The molecular weight excluding hydrogens is 566 g/mol. The fraction of sp³-hybridized carbons (Fsp3) is 0.133. The molecule has 5 aromatic heterocycles. The number of nitrogens with zero attached hydrogens (tertiary/aromatic N) is 5. The fourth-order valence-electron chi connectivity index (χ4n) is 5.51. The number of para-hydroxylation sites is 1. The minimum absolute atomic E-state index is 0.173. The summed E-state index contributed by atoms with van der Waals surface area (Å²) in [5.74, 6) is 1.02. The van der Waals surface area contributed by atoms with Crippen LogP contribution in [-0.4, -0.2) is 48.8 Å². The zero-order chi connectivity index (χ0) is 29.9. The van der Waals surface area contributed by atoms with Gasteiger partial charge < -0.3 is 15.3 Å². The molecule has 12 nitrogen and oxygen atoms in total. The van der Waals surface area contributed by atoms with Gasteiger partial charge in [-0.15, -0.1) is 0 Å². The molecule has 1 unspecified atom stereocenters. The molecule has 0 saturated carbocycles. The van der Waals surface area contributed by atoms with Crippen LogP contribution < -0.4 is 15.6 Å². The first-order valence-electron chi connectivity index (χ1n) is 13.5. The van der Waals surface area contributed by atoms with E-state index in [1.54, 1.807) is 27.5 Å². The average molecular weight is 594 g/mol. The Morgan fingerprint density at radius 2 is 1.84 bits per heavy atom. The molecule has 0 aliphatic carbocycles. The molecule has 0 aliphatic heterocycles. The van der Waals surface area contributed by atoms with Crippen molar-refractivity contribution in [1.82, 2.24) is 34.1 Å². The summed E-state index contributed by atoms with van der Waals surface area (Å²) >= 11 is 0. The Hall–Kier alpha value is -5.43. The van der Waals surface area contributed by atoms with Gasteiger partial charge in [0.25, 0.3) is 5.56 Å². The Balaban J connectivity index is 1.37. The summed E-state index contributed by atoms with van der Waals surface area (Å²) < 4.78 is 30.1. The van der Waals surface area contributed by atoms with E-state index in [0.29, 0.717) is 39.6 Å². The smallest absolute Gasteiger partial charge is 0.282 e. The van der Waals surface area contributed by atoms with Crippen molar-refractivity contribution in [3.8, 4) is 16.8 Å². The van der Waals surface area contributed by atoms with Crippen LogP contribution in [0, 0.1) is 6.92 Å². The van der Waals surface area contributed by atoms with Gasteiger partial charge in [-0.25, -0.2) is 22.9 Å². The Morgan fingerprint density at radius 3 is 2.63 bits per heavy atom. The molecule has 0 spiro atoms. The third-order valence-corrected chi connectivity index (χ3v) is 8.00. The number of H-pyrrole nitrogens is 2. The minimum Gasteiger partial charge on any atom is -0.361 e. The molecule has 4 N–H and O–H groups in total. The van der Waals surface area contributed by atoms with E-state index in [2.05, 4.69) is 30.0 Å². The molecule has 5 heterocycles. The highest BCUT2D eigenvalue weighted by Gasteiger charge is 2.22. The van der Waals surface area contributed by atoms with Gasteiger partial charge >= 0.3 is 0 Å². The molecule has 0 radical (unpaired) electrons. The van der Waals surface area contributed by atoms with E-state index in [-0.39, 0.29) is 5.56 Å². The Morgan fingerprint density at radius 1 is 1.02 bits per heavy atom. The van der Waals surface area contributed by atoms with Crippen molar-refractivity contribution in [1.29, 1.82) is 0 Å². The summed E-state index contributed by atoms with van der Waals surface area (Å²) in [6.45, 7) is 3.81. The third-order valence-electron chi connectivity index (χ3n) is 7.41. The second-order valence-corrected chi connectivity index (χ2v) is 12.2. The van der Waals surface area contributed by atoms with E-state index in [1.165, 1.54) is 6.33 Å². The van der Waals surface area contributed by atoms with Crippen LogP contribution in [0.5, 0.6) is 0 Å². The van der Waals surface area contributed by atoms with Gasteiger partial charge in [0.05, 0.1) is 29.1 Å². The normalized spacial score (nSPS) is 12.7. The molecule has 7 rings (SSSR count). The SMILES string of the molecule is Cc1ccn2nc(C(C)Nc3ncnc4[nH]cc(-c5cc(NS(C)(=O)=O)c6cc[nH]c6c5)c34)n(-c3ccccc3)c(=O)c12. The van der Waals surface area contributed by atoms with E-state index in [4.69, 9.17) is 5.10 Å². The highest BCUT2D eigenvalue weighted by atomic mass is 32.2. The molecule has 1 atom stereocenters. The minimum atomic E-state index is -3.52. The van der Waals surface area contributed by atoms with Gasteiger partial charge in [-0.3, -0.25) is 14.1 Å². The van der Waals surface area contributed by atoms with Gasteiger partial charge in [-0.1, -0.05) is 18.2 Å². The lowest BCUT2D eigenvalue weighted by Crippen LogP contribution is -2.29. The van der Waals surface area contributed by atoms with Crippen LogP contribution in [0.15, 0.2) is 84.3 Å². The van der Waals surface area contributed by atoms with Crippen LogP contribution in [0.2, 0.25) is 0 Å². The number of anilines is 2. The van der Waals surface area contributed by atoms with Crippen LogP contribution in [-0.2, 0) is 10.0 Å². The molecule has 0 fully saturated rings. The number of aryl methyl sites for hydroxylation is 1. The van der Waals surface area contributed by atoms with Crippen molar-refractivity contribution in [3.63, 3.8) is 0 Å². The number of rotatable bonds is 7. The quantitative estimate of drug-likeness (QED) is 0.208. The number of sulfonamides is 1. The van der Waals surface area contributed by atoms with Gasteiger partial charge in [-0.2, -0.15) is 5.10 Å². The van der Waals surface area contributed by atoms with E-state index in [9.17, 15) is 13.2 Å². The number of aromatic nitrogens is 7. The molecule has 0 saturated heterocycles. The average Bonchev–Trinajstić information content (AvgIpc) is 3.71. The van der Waals surface area contributed by atoms with E-state index in [1.807, 2.05) is 68.6 Å². The van der Waals surface area contributed by atoms with Gasteiger partial charge in [-0.05, 0) is 61.4 Å². The van der Waals surface area contributed by atoms with Gasteiger partial charge in [0.15, 0.2) is 5.82 Å². The molecule has 13 heteroatoms. The van der Waals surface area contributed by atoms with Crippen molar-refractivity contribution < 1.29 is 8.42 Å². The Bertz CT molecular complexity index is 2330. The van der Waals surface area contributed by atoms with Crippen LogP contribution in [0.25, 0.3) is 44.3 Å². The molecule has 43 heavy (non-hydrogen) atoms. The molecule has 216 valence electrons. The zero-order valence-corrected chi connectivity index (χ0v) is 24.3. The summed E-state index contributed by atoms with van der Waals surface area (Å²) in [5.41, 5.74) is 5.21. The maximum Gasteiger partial charge on any atom is 0.282 e. The molecule has 0 aliphatic rings. The predicted octanol–water partition coefficient (Wildman–Crippen LogP) is 4.76. The lowest BCUT2D eigenvalue weighted by Gasteiger charge is -2.20. The lowest BCUT2D eigenvalue weighted by atomic mass is 10.0. The summed E-state index contributed by atoms with van der Waals surface area (Å²) in [4.78, 5) is 29.2. The number of hydrogen-bond donors (Lipinski definition) is 4. The second kappa shape index (κ2) is 9.84. The predicted molar refractivity (Wildman–Crippen MR) is 167 cm³/mol. The topological polar surface area (TPSA) is 155 Å². The van der Waals surface area contributed by atoms with Crippen molar-refractivity contribution >= 4 is 49.0 Å². The summed E-state index contributed by atoms with van der Waals surface area (Å²) in [6, 6.07) is 16.4. The first kappa shape index (κ1) is 26.5. The Kier molecular flexibility index (Phi) is 6.06. The molecular formula is C30H27N9O3S. The zero-order valence-electron chi connectivity index (χ0n) is 23.5. The molecule has 0 amide bonds. The Labute approximate surface area is 245 Å². The first-order chi connectivity index (χ1) is 20.7.